The van der Waals surface area contributed by atoms with E-state index in [4.69, 9.17) is 0 Å². The van der Waals surface area contributed by atoms with Crippen LogP contribution >= 0.6 is 0 Å². The van der Waals surface area contributed by atoms with E-state index in [2.05, 4.69) is 0 Å². The second-order valence-corrected chi connectivity index (χ2v) is 10.1. The molecule has 0 radical (unpaired) electrons. The molecule has 1 fully saturated rings. The van der Waals surface area contributed by atoms with E-state index in [9.17, 15) is 25.6 Å². The summed E-state index contributed by atoms with van der Waals surface area (Å²) in [4.78, 5) is -0.221. The average molecular weight is 416 g/mol. The Hall–Kier alpha value is -1.88. The third kappa shape index (κ3) is 3.88. The molecular formula is C17H18F2N2O4S2. The quantitative estimate of drug-likeness (QED) is 0.764. The lowest BCUT2D eigenvalue weighted by molar-refractivity contribution is 0.272. The smallest absolute Gasteiger partial charge is 0.207 e. The Labute approximate surface area is 157 Å². The lowest BCUT2D eigenvalue weighted by Crippen LogP contribution is -2.50. The Morgan fingerprint density at radius 3 is 1.63 bits per heavy atom. The van der Waals surface area contributed by atoms with Crippen LogP contribution in [0.5, 0.6) is 0 Å². The van der Waals surface area contributed by atoms with Crippen molar-refractivity contribution < 1.29 is 25.6 Å². The first-order chi connectivity index (χ1) is 12.6. The van der Waals surface area contributed by atoms with Gasteiger partial charge >= 0.3 is 0 Å². The van der Waals surface area contributed by atoms with Crippen LogP contribution in [0.3, 0.4) is 0 Å². The summed E-state index contributed by atoms with van der Waals surface area (Å²) in [7, 11) is -7.76. The van der Waals surface area contributed by atoms with Gasteiger partial charge in [-0.05, 0) is 37.3 Å². The highest BCUT2D eigenvalue weighted by atomic mass is 32.2. The lowest BCUT2D eigenvalue weighted by atomic mass is 10.2. The molecule has 146 valence electrons. The highest BCUT2D eigenvalue weighted by molar-refractivity contribution is 7.89. The second kappa shape index (κ2) is 7.27. The molecule has 0 amide bonds. The number of hydrogen-bond donors (Lipinski definition) is 0. The third-order valence-corrected chi connectivity index (χ3v) is 8.19. The number of aryl methyl sites for hydroxylation is 1. The van der Waals surface area contributed by atoms with Crippen LogP contribution in [0.1, 0.15) is 5.56 Å². The predicted octanol–water partition coefficient (Wildman–Crippen LogP) is 1.97. The summed E-state index contributed by atoms with van der Waals surface area (Å²) in [6, 6.07) is 8.76. The number of sulfonamides is 2. The van der Waals surface area contributed by atoms with Crippen LogP contribution < -0.4 is 0 Å². The number of nitrogens with zero attached hydrogens (tertiary/aromatic N) is 2. The van der Waals surface area contributed by atoms with Gasteiger partial charge in [-0.15, -0.1) is 0 Å². The molecule has 3 rings (SSSR count). The monoisotopic (exact) mass is 416 g/mol. The number of benzene rings is 2. The van der Waals surface area contributed by atoms with E-state index in [1.54, 1.807) is 12.1 Å². The van der Waals surface area contributed by atoms with E-state index >= 15 is 0 Å². The minimum absolute atomic E-state index is 0.0287. The first kappa shape index (κ1) is 19.9. The maximum Gasteiger partial charge on any atom is 0.243 e. The fraction of sp³-hybridized carbons (Fsp3) is 0.294. The van der Waals surface area contributed by atoms with Crippen LogP contribution in [0.4, 0.5) is 8.78 Å². The Balaban J connectivity index is 1.76. The van der Waals surface area contributed by atoms with Crippen molar-refractivity contribution in [3.63, 3.8) is 0 Å². The molecule has 1 saturated heterocycles. The number of halogens is 2. The van der Waals surface area contributed by atoms with Crippen molar-refractivity contribution in [1.82, 2.24) is 8.61 Å². The number of rotatable bonds is 4. The summed E-state index contributed by atoms with van der Waals surface area (Å²) in [5.74, 6) is -2.39. The van der Waals surface area contributed by atoms with Gasteiger partial charge in [0.25, 0.3) is 0 Å². The van der Waals surface area contributed by atoms with Crippen LogP contribution in [0.2, 0.25) is 0 Å². The molecule has 0 aliphatic carbocycles. The molecule has 0 saturated carbocycles. The van der Waals surface area contributed by atoms with E-state index < -0.39 is 31.7 Å². The molecule has 0 atom stereocenters. The summed E-state index contributed by atoms with van der Waals surface area (Å²) >= 11 is 0. The van der Waals surface area contributed by atoms with E-state index in [1.807, 2.05) is 6.92 Å². The largest absolute Gasteiger partial charge is 0.243 e. The Bertz CT molecular complexity index is 1050. The Morgan fingerprint density at radius 1 is 0.704 bits per heavy atom. The van der Waals surface area contributed by atoms with Crippen molar-refractivity contribution in [2.24, 2.45) is 0 Å². The zero-order valence-corrected chi connectivity index (χ0v) is 16.1. The molecule has 0 spiro atoms. The molecule has 27 heavy (non-hydrogen) atoms. The molecule has 2 aromatic carbocycles. The molecule has 1 aliphatic rings. The third-order valence-electron chi connectivity index (χ3n) is 4.39. The molecule has 1 aliphatic heterocycles. The molecule has 0 bridgehead atoms. The summed E-state index contributed by atoms with van der Waals surface area (Å²) < 4.78 is 79.2. The van der Waals surface area contributed by atoms with E-state index in [1.165, 1.54) is 16.4 Å². The first-order valence-electron chi connectivity index (χ1n) is 8.14. The van der Waals surface area contributed by atoms with Crippen LogP contribution in [0, 0.1) is 18.6 Å². The van der Waals surface area contributed by atoms with Crippen LogP contribution in [0.15, 0.2) is 52.3 Å². The number of piperazine rings is 1. The summed E-state index contributed by atoms with van der Waals surface area (Å²) in [5.41, 5.74) is 0.927. The van der Waals surface area contributed by atoms with Crippen LogP contribution in [-0.4, -0.2) is 51.6 Å². The summed E-state index contributed by atoms with van der Waals surface area (Å²) in [6.07, 6.45) is 0. The zero-order valence-electron chi connectivity index (χ0n) is 14.5. The van der Waals surface area contributed by atoms with E-state index in [0.29, 0.717) is 6.07 Å². The predicted molar refractivity (Wildman–Crippen MR) is 95.1 cm³/mol. The van der Waals surface area contributed by atoms with Crippen LogP contribution in [0.25, 0.3) is 0 Å². The van der Waals surface area contributed by atoms with Gasteiger partial charge in [0.15, 0.2) is 11.6 Å². The van der Waals surface area contributed by atoms with Crippen molar-refractivity contribution >= 4 is 20.0 Å². The van der Waals surface area contributed by atoms with Crippen molar-refractivity contribution in [3.8, 4) is 0 Å². The maximum absolute atomic E-state index is 13.4. The highest BCUT2D eigenvalue weighted by Gasteiger charge is 2.34. The lowest BCUT2D eigenvalue weighted by Gasteiger charge is -2.33. The SMILES string of the molecule is Cc1ccc(S(=O)(=O)N2CCN(S(=O)(=O)c3ccc(F)c(F)c3)CC2)cc1. The fourth-order valence-electron chi connectivity index (χ4n) is 2.80. The zero-order chi connectivity index (χ0) is 19.8. The van der Waals surface area contributed by atoms with Gasteiger partial charge in [0, 0.05) is 26.2 Å². The molecular weight excluding hydrogens is 398 g/mol. The molecule has 10 heteroatoms. The molecule has 1 heterocycles. The topological polar surface area (TPSA) is 74.8 Å². The van der Waals surface area contributed by atoms with Crippen molar-refractivity contribution in [2.45, 2.75) is 16.7 Å². The van der Waals surface area contributed by atoms with Gasteiger partial charge in [0.1, 0.15) is 0 Å². The van der Waals surface area contributed by atoms with Gasteiger partial charge in [-0.3, -0.25) is 0 Å². The van der Waals surface area contributed by atoms with Gasteiger partial charge in [-0.25, -0.2) is 25.6 Å². The molecule has 0 N–H and O–H groups in total. The molecule has 6 nitrogen and oxygen atoms in total. The summed E-state index contributed by atoms with van der Waals surface area (Å²) in [5, 5.41) is 0. The average Bonchev–Trinajstić information content (AvgIpc) is 2.64. The maximum atomic E-state index is 13.4. The minimum Gasteiger partial charge on any atom is -0.207 e. The fourth-order valence-corrected chi connectivity index (χ4v) is 5.65. The van der Waals surface area contributed by atoms with Crippen LogP contribution in [-0.2, 0) is 20.0 Å². The Kier molecular flexibility index (Phi) is 5.35. The molecule has 0 unspecified atom stereocenters. The highest BCUT2D eigenvalue weighted by Crippen LogP contribution is 2.23. The first-order valence-corrected chi connectivity index (χ1v) is 11.0. The minimum atomic E-state index is -4.04. The van der Waals surface area contributed by atoms with Gasteiger partial charge in [0.2, 0.25) is 20.0 Å². The summed E-state index contributed by atoms with van der Waals surface area (Å²) in [6.45, 7) is 1.63. The van der Waals surface area contributed by atoms with Gasteiger partial charge < -0.3 is 0 Å². The van der Waals surface area contributed by atoms with Gasteiger partial charge in [-0.1, -0.05) is 17.7 Å². The van der Waals surface area contributed by atoms with Crippen molar-refractivity contribution in [2.75, 3.05) is 26.2 Å². The second-order valence-electron chi connectivity index (χ2n) is 6.20. The Morgan fingerprint density at radius 2 is 1.15 bits per heavy atom. The standard InChI is InChI=1S/C17H18F2N2O4S2/c1-13-2-4-14(5-3-13)26(22,23)20-8-10-21(11-9-20)27(24,25)15-6-7-16(18)17(19)12-15/h2-7,12H,8-11H2,1H3. The molecule has 0 aromatic heterocycles. The van der Waals surface area contributed by atoms with E-state index in [0.717, 1.165) is 22.0 Å². The van der Waals surface area contributed by atoms with Crippen molar-refractivity contribution in [3.05, 3.63) is 59.7 Å². The van der Waals surface area contributed by atoms with Gasteiger partial charge in [-0.2, -0.15) is 8.61 Å². The van der Waals surface area contributed by atoms with E-state index in [-0.39, 0.29) is 36.0 Å². The normalized spacial score (nSPS) is 17.1. The van der Waals surface area contributed by atoms with Gasteiger partial charge in [0.05, 0.1) is 9.79 Å². The van der Waals surface area contributed by atoms with Crippen molar-refractivity contribution in [1.29, 1.82) is 0 Å². The molecule has 2 aromatic rings. The number of hydrogen-bond acceptors (Lipinski definition) is 4.